The molecule has 0 aromatic heterocycles. The van der Waals surface area contributed by atoms with Gasteiger partial charge in [-0.2, -0.15) is 63.1 Å². The maximum atomic E-state index is 14.4. The first kappa shape index (κ1) is 98.5. The third kappa shape index (κ3) is 36.1. The number of hydrogen-bond acceptors (Lipinski definition) is 32. The molecule has 113 heavy (non-hydrogen) atoms. The number of carboxylic acids is 2. The Morgan fingerprint density at radius 1 is 0.504 bits per heavy atom. The normalized spacial score (nSPS) is 16.3. The third-order valence-corrected chi connectivity index (χ3v) is 22.9. The fourth-order valence-corrected chi connectivity index (χ4v) is 15.0. The number of likely N-dealkylation sites (tertiary alicyclic amines) is 1. The molecule has 0 bridgehead atoms. The number of thiol groups is 3. The van der Waals surface area contributed by atoms with Crippen molar-refractivity contribution >= 4 is 192 Å². The number of carbonyl (C=O) groups excluding carboxylic acids is 14. The molecule has 0 saturated carbocycles. The molecule has 2 aromatic carbocycles. The van der Waals surface area contributed by atoms with E-state index in [1.54, 1.807) is 0 Å². The summed E-state index contributed by atoms with van der Waals surface area (Å²) in [6.45, 7) is 1.14. The van der Waals surface area contributed by atoms with E-state index in [4.69, 9.17) is 16.0 Å². The van der Waals surface area contributed by atoms with Crippen LogP contribution in [0.4, 0.5) is 0 Å². The molecule has 14 amide bonds. The van der Waals surface area contributed by atoms with Crippen LogP contribution >= 0.6 is 70.3 Å². The molecule has 0 spiro atoms. The second kappa shape index (κ2) is 46.6. The fraction of sp³-hybridized carbons (Fsp3) is 0.525. The largest absolute Gasteiger partial charge is 0.508 e. The number of phenols is 2. The number of carbonyl (C=O) groups is 16. The molecular formula is C59H85N15O30S9. The Morgan fingerprint density at radius 2 is 0.894 bits per heavy atom. The van der Waals surface area contributed by atoms with Gasteiger partial charge >= 0.3 is 39.4 Å². The monoisotopic (exact) mass is 1770 g/mol. The van der Waals surface area contributed by atoms with Gasteiger partial charge in [-0.15, -0.1) is 0 Å². The summed E-state index contributed by atoms with van der Waals surface area (Å²) in [6.07, 6.45) is -5.33. The Hall–Kier alpha value is -8.69. The molecule has 45 nitrogen and oxygen atoms in total. The molecule has 630 valence electrons. The number of amides is 14. The number of benzene rings is 2. The van der Waals surface area contributed by atoms with E-state index in [1.165, 1.54) is 36.4 Å². The number of hydrogen-bond donors (Lipinski definition) is 25. The summed E-state index contributed by atoms with van der Waals surface area (Å²) in [5, 5.41) is 75.6. The van der Waals surface area contributed by atoms with Crippen molar-refractivity contribution in [1.29, 1.82) is 0 Å². The lowest BCUT2D eigenvalue weighted by molar-refractivity contribution is -0.143. The van der Waals surface area contributed by atoms with Crippen molar-refractivity contribution in [3.8, 4) is 11.5 Å². The van der Waals surface area contributed by atoms with Crippen LogP contribution in [0, 0.1) is 0 Å². The Kier molecular flexibility index (Phi) is 40.6. The van der Waals surface area contributed by atoms with Gasteiger partial charge in [-0.3, -0.25) is 85.6 Å². The molecule has 0 unspecified atom stereocenters. The fourth-order valence-electron chi connectivity index (χ4n) is 9.84. The standard InChI is InChI=1S/C59H85N15O30S9/c1-26(47(82)69-39(22-107)53(88)73-46(27(2)75)57(92)62-19-44(79)64-37(20-105)51(86)68-36(59(94)95)17-29-7-11-31(77)12-8-29)63-56(91)42-4-3-15-74(42)58(93)35(18-43(61)78)67-52(87)38(21-106)70-55(90)41(25-110-113(102,103)104)72-50(85)34(16-28-5-9-30(76)10-6-28)66-49(84)33(13-14-45(80)81)65-54(89)40(24-109-112(99,100)101)71-48(83)32(60)23-108-111(96,97)98/h5-12,26-27,32-42,46,75-77,105-107H,3-4,13-25,60H2,1-2H3,(H2,61,78)(H,62,92)(H,63,91)(H,64,79)(H,65,89)(H,66,84)(H,67,87)(H,68,86)(H,69,82)(H,70,90)(H,71,83)(H,72,85)(H,73,88)(H,80,81)(H,94,95)(H,96,97,98)(H,99,100,101)(H,102,103,104)/t26-,27+,32-,33-,34-,35-,36-,37-,38-,39-,40-,41-,42-,46-/m0/s1. The van der Waals surface area contributed by atoms with Gasteiger partial charge < -0.3 is 106 Å². The molecule has 14 atom stereocenters. The van der Waals surface area contributed by atoms with Crippen molar-refractivity contribution in [3.63, 3.8) is 0 Å². The highest BCUT2D eigenvalue weighted by molar-refractivity contribution is 8.70. The second-order valence-electron chi connectivity index (χ2n) is 24.4. The van der Waals surface area contributed by atoms with Gasteiger partial charge in [0.2, 0.25) is 82.7 Å². The first-order valence-corrected chi connectivity index (χ1v) is 43.6. The molecule has 1 aliphatic rings. The number of phenolic OH excluding ortho intramolecular Hbond substituents is 2. The van der Waals surface area contributed by atoms with Crippen molar-refractivity contribution in [3.05, 3.63) is 59.7 Å². The zero-order valence-electron chi connectivity index (χ0n) is 59.3. The zero-order valence-corrected chi connectivity index (χ0v) is 66.8. The zero-order chi connectivity index (χ0) is 85.6. The van der Waals surface area contributed by atoms with Crippen molar-refractivity contribution in [2.45, 2.75) is 143 Å². The SMILES string of the molecule is C[C@H](NC(=O)[C@@H]1CCCN1C(=O)[C@H](CC(N)=O)NC(=O)[C@H](CS)NC(=O)[C@H](CSS(=O)(=O)O)NC(=O)[C@H](Cc1ccc(O)cc1)NC(=O)[C@H](CCC(=O)O)NC(=O)[C@H](CSS(=O)(=O)O)NC(=O)[C@@H](N)CSS(=O)(=O)O)C(=O)N[C@@H](CS)C(=O)N[C@H](C(=O)NCC(=O)N[C@@H](CS)C(=O)N[C@@H](Cc1ccc(O)cc1)C(=O)O)[C@@H](C)O. The number of aliphatic hydroxyl groups is 1. The third-order valence-electron chi connectivity index (χ3n) is 15.6. The lowest BCUT2D eigenvalue weighted by Crippen LogP contribution is -2.61. The van der Waals surface area contributed by atoms with Gasteiger partial charge in [0, 0.05) is 60.3 Å². The first-order valence-electron chi connectivity index (χ1n) is 32.9. The van der Waals surface area contributed by atoms with E-state index in [0.717, 1.165) is 30.9 Å². The molecule has 24 N–H and O–H groups in total. The molecule has 1 heterocycles. The van der Waals surface area contributed by atoms with Crippen molar-refractivity contribution in [2.24, 2.45) is 11.5 Å². The van der Waals surface area contributed by atoms with E-state index < -0.39 is 268 Å². The predicted octanol–water partition coefficient (Wildman–Crippen LogP) is -8.73. The Bertz CT molecular complexity index is 4140. The van der Waals surface area contributed by atoms with Crippen LogP contribution < -0.4 is 75.3 Å². The van der Waals surface area contributed by atoms with Gasteiger partial charge in [0.15, 0.2) is 0 Å². The maximum absolute atomic E-state index is 14.4. The van der Waals surface area contributed by atoms with Crippen LogP contribution in [0.3, 0.4) is 0 Å². The van der Waals surface area contributed by atoms with Gasteiger partial charge in [0.1, 0.15) is 84.0 Å². The topological polar surface area (TPSA) is 737 Å². The molecule has 1 aliphatic heterocycles. The Balaban J connectivity index is 1.80. The van der Waals surface area contributed by atoms with E-state index in [2.05, 4.69) is 96.4 Å². The van der Waals surface area contributed by atoms with E-state index in [1.807, 2.05) is 5.32 Å². The van der Waals surface area contributed by atoms with Gasteiger partial charge in [0.05, 0.1) is 25.1 Å². The number of rotatable bonds is 48. The molecule has 1 saturated heterocycles. The summed E-state index contributed by atoms with van der Waals surface area (Å²) in [7, 11) is -15.8. The molecule has 0 aliphatic carbocycles. The smallest absolute Gasteiger partial charge is 0.326 e. The van der Waals surface area contributed by atoms with Crippen LogP contribution in [0.2, 0.25) is 0 Å². The van der Waals surface area contributed by atoms with Crippen molar-refractivity contribution < 1.29 is 141 Å². The predicted molar refractivity (Wildman–Crippen MR) is 410 cm³/mol. The molecule has 3 rings (SSSR count). The van der Waals surface area contributed by atoms with E-state index in [9.17, 15) is 137 Å². The van der Waals surface area contributed by atoms with Gasteiger partial charge in [0.25, 0.3) is 0 Å². The second-order valence-corrected chi connectivity index (χ2v) is 35.7. The quantitative estimate of drug-likeness (QED) is 0.0166. The molecular weight excluding hydrogens is 1690 g/mol. The van der Waals surface area contributed by atoms with E-state index >= 15 is 0 Å². The number of nitrogens with two attached hydrogens (primary N) is 2. The lowest BCUT2D eigenvalue weighted by Gasteiger charge is -2.30. The number of aliphatic hydroxyl groups excluding tert-OH is 1. The summed E-state index contributed by atoms with van der Waals surface area (Å²) in [6, 6.07) is -13.3. The molecule has 1 fully saturated rings. The van der Waals surface area contributed by atoms with Gasteiger partial charge in [-0.1, -0.05) is 24.3 Å². The summed E-state index contributed by atoms with van der Waals surface area (Å²) in [5.41, 5.74) is 11.7. The van der Waals surface area contributed by atoms with Crippen LogP contribution in [-0.2, 0) is 117 Å². The maximum Gasteiger partial charge on any atom is 0.326 e. The number of aromatic hydroxyl groups is 2. The minimum Gasteiger partial charge on any atom is -0.508 e. The van der Waals surface area contributed by atoms with E-state index in [-0.39, 0.29) is 81.0 Å². The van der Waals surface area contributed by atoms with Crippen molar-refractivity contribution in [1.82, 2.24) is 68.7 Å². The van der Waals surface area contributed by atoms with Gasteiger partial charge in [-0.05, 0) is 101 Å². The van der Waals surface area contributed by atoms with Crippen LogP contribution in [0.1, 0.15) is 57.1 Å². The average molecular weight is 1770 g/mol. The first-order chi connectivity index (χ1) is 52.5. The molecule has 2 aromatic rings. The summed E-state index contributed by atoms with van der Waals surface area (Å²) < 4.78 is 98.3. The Labute approximate surface area is 671 Å². The molecule has 54 heteroatoms. The summed E-state index contributed by atoms with van der Waals surface area (Å²) in [4.78, 5) is 215. The van der Waals surface area contributed by atoms with Crippen LogP contribution in [-0.4, -0.2) is 296 Å². The molecule has 0 radical (unpaired) electrons. The lowest BCUT2D eigenvalue weighted by atomic mass is 10.0. The minimum absolute atomic E-state index is 0.0909. The number of nitrogens with zero attached hydrogens (tertiary/aromatic N) is 1. The van der Waals surface area contributed by atoms with E-state index in [0.29, 0.717) is 5.56 Å². The average Bonchev–Trinajstić information content (AvgIpc) is 1.66. The summed E-state index contributed by atoms with van der Waals surface area (Å²) >= 11 is 12.2. The van der Waals surface area contributed by atoms with Gasteiger partial charge in [-0.25, -0.2) is 4.79 Å². The number of carboxylic acid groups (broad SMARTS) is 2. The summed E-state index contributed by atoms with van der Waals surface area (Å²) in [5.74, 6) is -25.2. The highest BCUT2D eigenvalue weighted by Crippen LogP contribution is 2.22. The highest BCUT2D eigenvalue weighted by Gasteiger charge is 2.42. The van der Waals surface area contributed by atoms with Crippen LogP contribution in [0.25, 0.3) is 0 Å². The van der Waals surface area contributed by atoms with Crippen LogP contribution in [0.15, 0.2) is 48.5 Å². The highest BCUT2D eigenvalue weighted by atomic mass is 33.2. The Morgan fingerprint density at radius 3 is 1.35 bits per heavy atom. The number of primary amides is 1. The van der Waals surface area contributed by atoms with Crippen LogP contribution in [0.5, 0.6) is 11.5 Å². The minimum atomic E-state index is -5.12. The number of nitrogens with one attached hydrogen (secondary N) is 12. The van der Waals surface area contributed by atoms with Crippen molar-refractivity contribution in [2.75, 3.05) is 47.6 Å². The number of aliphatic carboxylic acids is 2.